The number of nitrogens with zero attached hydrogens (tertiary/aromatic N) is 4. The second kappa shape index (κ2) is 7.82. The zero-order chi connectivity index (χ0) is 24.4. The Balaban J connectivity index is 1.51. The van der Waals surface area contributed by atoms with Crippen LogP contribution in [-0.2, 0) is 17.5 Å². The van der Waals surface area contributed by atoms with Gasteiger partial charge in [0.05, 0.1) is 16.6 Å². The highest BCUT2D eigenvalue weighted by Crippen LogP contribution is 2.39. The molecule has 178 valence electrons. The molecule has 0 bridgehead atoms. The van der Waals surface area contributed by atoms with E-state index >= 15 is 0 Å². The Labute approximate surface area is 193 Å². The van der Waals surface area contributed by atoms with Gasteiger partial charge in [0.25, 0.3) is 0 Å². The van der Waals surface area contributed by atoms with E-state index in [1.165, 1.54) is 13.8 Å². The van der Waals surface area contributed by atoms with Crippen LogP contribution in [0.3, 0.4) is 0 Å². The van der Waals surface area contributed by atoms with Crippen LogP contribution in [-0.4, -0.2) is 49.0 Å². The molecule has 34 heavy (non-hydrogen) atoms. The van der Waals surface area contributed by atoms with E-state index in [1.807, 2.05) is 4.90 Å². The largest absolute Gasteiger partial charge is 0.507 e. The second-order valence-electron chi connectivity index (χ2n) is 9.19. The Morgan fingerprint density at radius 3 is 2.59 bits per heavy atom. The van der Waals surface area contributed by atoms with Gasteiger partial charge in [0.2, 0.25) is 5.91 Å². The number of aryl methyl sites for hydroxylation is 1. The lowest BCUT2D eigenvalue weighted by atomic mass is 10.00. The lowest BCUT2D eigenvalue weighted by molar-refractivity contribution is -0.137. The molecule has 5 rings (SSSR count). The van der Waals surface area contributed by atoms with Crippen molar-refractivity contribution < 1.29 is 27.9 Å². The summed E-state index contributed by atoms with van der Waals surface area (Å²) >= 11 is 0. The maximum Gasteiger partial charge on any atom is 0.416 e. The Kier molecular flexibility index (Phi) is 5.14. The molecule has 2 fully saturated rings. The fraction of sp³-hybridized carbons (Fsp3) is 0.417. The van der Waals surface area contributed by atoms with E-state index in [2.05, 4.69) is 10.1 Å². The highest BCUT2D eigenvalue weighted by atomic mass is 19.4. The fourth-order valence-corrected chi connectivity index (χ4v) is 4.84. The molecule has 1 aromatic carbocycles. The van der Waals surface area contributed by atoms with Gasteiger partial charge < -0.3 is 10.0 Å². The van der Waals surface area contributed by atoms with Crippen molar-refractivity contribution in [2.45, 2.75) is 51.9 Å². The number of likely N-dealkylation sites (tertiary alicyclic amines) is 1. The highest BCUT2D eigenvalue weighted by Gasteiger charge is 2.39. The third-order valence-electron chi connectivity index (χ3n) is 6.49. The molecule has 1 amide bonds. The standard InChI is InChI=1S/C24H23F3N4O3/c1-12-7-15(24(25,26)27)9-19(33)21(12)18-6-5-17-22(13(2)32)31(29-23(17)28-18)11-14-8-20(34)30(10-14)16-3-4-16/h5-7,9,14,16,33H,3-4,8,10-11H2,1-2H3/t14-/m1/s1. The zero-order valence-corrected chi connectivity index (χ0v) is 18.7. The summed E-state index contributed by atoms with van der Waals surface area (Å²) in [6.07, 6.45) is -2.11. The molecule has 0 spiro atoms. The number of aromatic hydroxyl groups is 1. The Hall–Kier alpha value is -3.43. The number of fused-ring (bicyclic) bond motifs is 1. The number of halogens is 3. The molecule has 3 aromatic rings. The molecule has 10 heteroatoms. The minimum Gasteiger partial charge on any atom is -0.507 e. The first-order valence-electron chi connectivity index (χ1n) is 11.1. The number of carbonyl (C=O) groups excluding carboxylic acids is 2. The van der Waals surface area contributed by atoms with Gasteiger partial charge in [-0.15, -0.1) is 0 Å². The number of phenolic OH excluding ortho intramolecular Hbond substituents is 1. The molecule has 1 aliphatic carbocycles. The van der Waals surface area contributed by atoms with Crippen LogP contribution in [0.2, 0.25) is 0 Å². The number of amides is 1. The van der Waals surface area contributed by atoms with Crippen molar-refractivity contribution in [1.82, 2.24) is 19.7 Å². The summed E-state index contributed by atoms with van der Waals surface area (Å²) in [6, 6.07) is 5.18. The molecule has 2 aliphatic rings. The number of alkyl halides is 3. The summed E-state index contributed by atoms with van der Waals surface area (Å²) < 4.78 is 40.8. The van der Waals surface area contributed by atoms with Crippen molar-refractivity contribution in [3.05, 3.63) is 41.1 Å². The summed E-state index contributed by atoms with van der Waals surface area (Å²) in [5.74, 6) is -0.576. The van der Waals surface area contributed by atoms with E-state index in [9.17, 15) is 27.9 Å². The number of benzene rings is 1. The molecule has 1 aliphatic heterocycles. The minimum absolute atomic E-state index is 0.0289. The molecule has 2 aromatic heterocycles. The van der Waals surface area contributed by atoms with Crippen LogP contribution in [0.1, 0.15) is 47.8 Å². The van der Waals surface area contributed by atoms with Crippen molar-refractivity contribution in [2.24, 2.45) is 5.92 Å². The van der Waals surface area contributed by atoms with E-state index in [-0.39, 0.29) is 40.1 Å². The van der Waals surface area contributed by atoms with Gasteiger partial charge in [-0.1, -0.05) is 0 Å². The van der Waals surface area contributed by atoms with E-state index < -0.39 is 17.5 Å². The van der Waals surface area contributed by atoms with Crippen molar-refractivity contribution in [1.29, 1.82) is 0 Å². The summed E-state index contributed by atoms with van der Waals surface area (Å²) in [5, 5.41) is 15.4. The van der Waals surface area contributed by atoms with Gasteiger partial charge in [-0.25, -0.2) is 4.98 Å². The zero-order valence-electron chi connectivity index (χ0n) is 18.7. The van der Waals surface area contributed by atoms with Crippen LogP contribution in [0.15, 0.2) is 24.3 Å². The normalized spacial score (nSPS) is 18.8. The third kappa shape index (κ3) is 3.91. The van der Waals surface area contributed by atoms with Crippen LogP contribution in [0.5, 0.6) is 5.75 Å². The molecule has 3 heterocycles. The van der Waals surface area contributed by atoms with Crippen molar-refractivity contribution in [3.63, 3.8) is 0 Å². The average Bonchev–Trinajstić information content (AvgIpc) is 3.41. The van der Waals surface area contributed by atoms with E-state index in [4.69, 9.17) is 0 Å². The van der Waals surface area contributed by atoms with Gasteiger partial charge in [0.15, 0.2) is 11.4 Å². The van der Waals surface area contributed by atoms with Crippen LogP contribution in [0.25, 0.3) is 22.3 Å². The minimum atomic E-state index is -4.58. The number of carbonyl (C=O) groups is 2. The van der Waals surface area contributed by atoms with Crippen LogP contribution >= 0.6 is 0 Å². The van der Waals surface area contributed by atoms with Crippen LogP contribution in [0.4, 0.5) is 13.2 Å². The molecule has 0 unspecified atom stereocenters. The Morgan fingerprint density at radius 2 is 1.97 bits per heavy atom. The maximum atomic E-state index is 13.1. The number of ketones is 1. The van der Waals surface area contributed by atoms with Gasteiger partial charge in [0, 0.05) is 44.0 Å². The lowest BCUT2D eigenvalue weighted by Crippen LogP contribution is -2.28. The number of aromatic nitrogens is 3. The van der Waals surface area contributed by atoms with Crippen molar-refractivity contribution in [3.8, 4) is 17.0 Å². The fourth-order valence-electron chi connectivity index (χ4n) is 4.84. The van der Waals surface area contributed by atoms with Crippen LogP contribution in [0, 0.1) is 12.8 Å². The molecule has 1 saturated carbocycles. The first kappa shape index (κ1) is 22.4. The number of hydrogen-bond donors (Lipinski definition) is 1. The molecule has 1 N–H and O–H groups in total. The number of Topliss-reactive ketones (excluding diaryl/α,β-unsaturated/α-hetero) is 1. The second-order valence-corrected chi connectivity index (χ2v) is 9.19. The summed E-state index contributed by atoms with van der Waals surface area (Å²) in [4.78, 5) is 31.1. The predicted octanol–water partition coefficient (Wildman–Crippen LogP) is 4.34. The predicted molar refractivity (Wildman–Crippen MR) is 117 cm³/mol. The van der Waals surface area contributed by atoms with E-state index in [1.54, 1.807) is 16.8 Å². The van der Waals surface area contributed by atoms with Crippen molar-refractivity contribution >= 4 is 22.7 Å². The molecule has 0 radical (unpaired) electrons. The highest BCUT2D eigenvalue weighted by molar-refractivity contribution is 6.04. The summed E-state index contributed by atoms with van der Waals surface area (Å²) in [5.41, 5.74) is 0.337. The van der Waals surface area contributed by atoms with E-state index in [0.717, 1.165) is 18.9 Å². The molecule has 7 nitrogen and oxygen atoms in total. The lowest BCUT2D eigenvalue weighted by Gasteiger charge is -2.15. The summed E-state index contributed by atoms with van der Waals surface area (Å²) in [6.45, 7) is 3.93. The smallest absolute Gasteiger partial charge is 0.416 e. The third-order valence-corrected chi connectivity index (χ3v) is 6.49. The van der Waals surface area contributed by atoms with Crippen LogP contribution < -0.4 is 0 Å². The molecular formula is C24H23F3N4O3. The number of hydrogen-bond acceptors (Lipinski definition) is 5. The monoisotopic (exact) mass is 472 g/mol. The van der Waals surface area contributed by atoms with Gasteiger partial charge in [-0.3, -0.25) is 14.3 Å². The quantitative estimate of drug-likeness (QED) is 0.558. The Bertz CT molecular complexity index is 1300. The maximum absolute atomic E-state index is 13.1. The van der Waals surface area contributed by atoms with Gasteiger partial charge in [-0.2, -0.15) is 18.3 Å². The van der Waals surface area contributed by atoms with E-state index in [0.29, 0.717) is 42.7 Å². The topological polar surface area (TPSA) is 88.3 Å². The number of rotatable bonds is 5. The Morgan fingerprint density at radius 1 is 1.24 bits per heavy atom. The van der Waals surface area contributed by atoms with Crippen molar-refractivity contribution in [2.75, 3.05) is 6.54 Å². The first-order valence-corrected chi connectivity index (χ1v) is 11.1. The molecular weight excluding hydrogens is 449 g/mol. The molecule has 1 atom stereocenters. The number of phenols is 1. The summed E-state index contributed by atoms with van der Waals surface area (Å²) in [7, 11) is 0. The number of pyridine rings is 1. The SMILES string of the molecule is CC(=O)c1c2ccc(-c3c(C)cc(C(F)(F)F)cc3O)nc2nn1C[C@@H]1CC(=O)N(C2CC2)C1. The average molecular weight is 472 g/mol. The van der Waals surface area contributed by atoms with Gasteiger partial charge in [0.1, 0.15) is 11.4 Å². The first-order chi connectivity index (χ1) is 16.0. The molecule has 1 saturated heterocycles. The van der Waals surface area contributed by atoms with Gasteiger partial charge in [-0.05, 0) is 49.6 Å². The van der Waals surface area contributed by atoms with Gasteiger partial charge >= 0.3 is 6.18 Å².